The highest BCUT2D eigenvalue weighted by atomic mass is 16.5. The first-order chi connectivity index (χ1) is 9.15. The van der Waals surface area contributed by atoms with Crippen LogP contribution in [-0.2, 0) is 17.8 Å². The van der Waals surface area contributed by atoms with Gasteiger partial charge >= 0.3 is 0 Å². The Kier molecular flexibility index (Phi) is 5.30. The molecule has 0 bridgehead atoms. The third-order valence-electron chi connectivity index (χ3n) is 3.40. The smallest absolute Gasteiger partial charge is 0.0964 e. The van der Waals surface area contributed by atoms with Crippen LogP contribution in [0.2, 0.25) is 0 Å². The average molecular weight is 267 g/mol. The molecule has 1 aromatic rings. The Morgan fingerprint density at radius 3 is 3.05 bits per heavy atom. The van der Waals surface area contributed by atoms with Gasteiger partial charge in [0.15, 0.2) is 0 Å². The van der Waals surface area contributed by atoms with E-state index in [1.807, 2.05) is 10.9 Å². The van der Waals surface area contributed by atoms with E-state index in [4.69, 9.17) is 4.74 Å². The minimum absolute atomic E-state index is 0.472. The van der Waals surface area contributed by atoms with Crippen molar-refractivity contribution in [3.8, 4) is 0 Å². The molecule has 0 spiro atoms. The molecule has 6 nitrogen and oxygen atoms in total. The molecular formula is C13H25N5O. The number of aromatic nitrogens is 3. The summed E-state index contributed by atoms with van der Waals surface area (Å²) >= 11 is 0. The summed E-state index contributed by atoms with van der Waals surface area (Å²) < 4.78 is 7.37. The molecule has 19 heavy (non-hydrogen) atoms. The van der Waals surface area contributed by atoms with Gasteiger partial charge < -0.3 is 10.1 Å². The van der Waals surface area contributed by atoms with Crippen molar-refractivity contribution in [2.45, 2.75) is 45.9 Å². The van der Waals surface area contributed by atoms with Crippen LogP contribution in [0.15, 0.2) is 6.20 Å². The van der Waals surface area contributed by atoms with Crippen LogP contribution < -0.4 is 5.32 Å². The fourth-order valence-corrected chi connectivity index (χ4v) is 2.16. The van der Waals surface area contributed by atoms with Crippen LogP contribution in [0.3, 0.4) is 0 Å². The summed E-state index contributed by atoms with van der Waals surface area (Å²) in [6, 6.07) is 0.971. The second-order valence-electron chi connectivity index (χ2n) is 5.47. The maximum Gasteiger partial charge on any atom is 0.0964 e. The number of nitrogens with one attached hydrogen (secondary N) is 1. The zero-order chi connectivity index (χ0) is 13.7. The second-order valence-corrected chi connectivity index (χ2v) is 5.47. The molecule has 1 fully saturated rings. The molecule has 0 radical (unpaired) electrons. The number of nitrogens with zero attached hydrogens (tertiary/aromatic N) is 4. The highest BCUT2D eigenvalue weighted by Gasteiger charge is 2.18. The largest absolute Gasteiger partial charge is 0.379 e. The van der Waals surface area contributed by atoms with Crippen molar-refractivity contribution < 1.29 is 4.74 Å². The fraction of sp³-hybridized carbons (Fsp3) is 0.846. The first-order valence-corrected chi connectivity index (χ1v) is 7.09. The highest BCUT2D eigenvalue weighted by molar-refractivity contribution is 4.91. The van der Waals surface area contributed by atoms with Crippen molar-refractivity contribution in [2.75, 3.05) is 26.3 Å². The Balaban J connectivity index is 1.76. The summed E-state index contributed by atoms with van der Waals surface area (Å²) in [5, 5.41) is 11.7. The van der Waals surface area contributed by atoms with E-state index in [-0.39, 0.29) is 0 Å². The lowest BCUT2D eigenvalue weighted by Gasteiger charge is -2.32. The van der Waals surface area contributed by atoms with Crippen LogP contribution in [0.5, 0.6) is 0 Å². The first kappa shape index (κ1) is 14.4. The third-order valence-corrected chi connectivity index (χ3v) is 3.40. The number of rotatable bonds is 6. The summed E-state index contributed by atoms with van der Waals surface area (Å²) in [6.45, 7) is 11.8. The van der Waals surface area contributed by atoms with E-state index in [9.17, 15) is 0 Å². The fourth-order valence-electron chi connectivity index (χ4n) is 2.16. The maximum atomic E-state index is 5.44. The third kappa shape index (κ3) is 4.56. The van der Waals surface area contributed by atoms with Crippen molar-refractivity contribution in [3.05, 3.63) is 11.9 Å². The molecule has 0 aromatic carbocycles. The Labute approximate surface area is 115 Å². The standard InChI is InChI=1S/C13H25N5O/c1-11(2)14-8-13-9-18(16-15-13)5-4-17-6-7-19-10-12(17)3/h9,11-12,14H,4-8,10H2,1-3H3. The van der Waals surface area contributed by atoms with E-state index in [1.165, 1.54) is 0 Å². The predicted molar refractivity (Wildman–Crippen MR) is 73.9 cm³/mol. The highest BCUT2D eigenvalue weighted by Crippen LogP contribution is 2.06. The molecule has 1 unspecified atom stereocenters. The Morgan fingerprint density at radius 1 is 1.47 bits per heavy atom. The lowest BCUT2D eigenvalue weighted by atomic mass is 10.2. The minimum Gasteiger partial charge on any atom is -0.379 e. The molecule has 6 heteroatoms. The summed E-state index contributed by atoms with van der Waals surface area (Å²) in [5.74, 6) is 0. The molecule has 108 valence electrons. The van der Waals surface area contributed by atoms with Gasteiger partial charge in [-0.15, -0.1) is 5.10 Å². The van der Waals surface area contributed by atoms with Gasteiger partial charge in [0.25, 0.3) is 0 Å². The number of morpholine rings is 1. The van der Waals surface area contributed by atoms with Gasteiger partial charge in [0.2, 0.25) is 0 Å². The van der Waals surface area contributed by atoms with Gasteiger partial charge in [-0.3, -0.25) is 9.58 Å². The Morgan fingerprint density at radius 2 is 2.32 bits per heavy atom. The summed E-state index contributed by atoms with van der Waals surface area (Å²) in [5.41, 5.74) is 1.00. The van der Waals surface area contributed by atoms with Gasteiger partial charge in [0.05, 0.1) is 25.5 Å². The van der Waals surface area contributed by atoms with Gasteiger partial charge in [-0.1, -0.05) is 19.1 Å². The van der Waals surface area contributed by atoms with E-state index in [1.54, 1.807) is 0 Å². The van der Waals surface area contributed by atoms with Crippen LogP contribution in [0, 0.1) is 0 Å². The normalized spacial score (nSPS) is 21.2. The van der Waals surface area contributed by atoms with Crippen LogP contribution in [0.4, 0.5) is 0 Å². The van der Waals surface area contributed by atoms with Crippen LogP contribution >= 0.6 is 0 Å². The molecule has 1 N–H and O–H groups in total. The molecule has 0 aliphatic carbocycles. The molecule has 1 saturated heterocycles. The maximum absolute atomic E-state index is 5.44. The Hall–Kier alpha value is -0.980. The molecule has 2 rings (SSSR count). The minimum atomic E-state index is 0.472. The van der Waals surface area contributed by atoms with Crippen molar-refractivity contribution >= 4 is 0 Å². The second kappa shape index (κ2) is 6.98. The zero-order valence-electron chi connectivity index (χ0n) is 12.2. The molecule has 1 atom stereocenters. The van der Waals surface area contributed by atoms with Gasteiger partial charge in [0, 0.05) is 37.9 Å². The zero-order valence-corrected chi connectivity index (χ0v) is 12.2. The molecule has 0 saturated carbocycles. The monoisotopic (exact) mass is 267 g/mol. The van der Waals surface area contributed by atoms with Crippen LogP contribution in [0.1, 0.15) is 26.5 Å². The molecule has 1 aliphatic rings. The summed E-state index contributed by atoms with van der Waals surface area (Å²) in [7, 11) is 0. The number of hydrogen-bond acceptors (Lipinski definition) is 5. The van der Waals surface area contributed by atoms with E-state index in [2.05, 4.69) is 41.3 Å². The number of ether oxygens (including phenoxy) is 1. The SMILES string of the molecule is CC(C)NCc1cn(CCN2CCOCC2C)nn1. The van der Waals surface area contributed by atoms with Crippen molar-refractivity contribution in [1.29, 1.82) is 0 Å². The van der Waals surface area contributed by atoms with E-state index in [0.29, 0.717) is 12.1 Å². The van der Waals surface area contributed by atoms with Gasteiger partial charge in [0.1, 0.15) is 0 Å². The molecular weight excluding hydrogens is 242 g/mol. The van der Waals surface area contributed by atoms with E-state index < -0.39 is 0 Å². The van der Waals surface area contributed by atoms with Crippen molar-refractivity contribution in [1.82, 2.24) is 25.2 Å². The average Bonchev–Trinajstić information content (AvgIpc) is 2.83. The van der Waals surface area contributed by atoms with Gasteiger partial charge in [-0.05, 0) is 6.92 Å². The topological polar surface area (TPSA) is 55.2 Å². The molecule has 2 heterocycles. The lowest BCUT2D eigenvalue weighted by Crippen LogP contribution is -2.44. The van der Waals surface area contributed by atoms with Crippen LogP contribution in [0.25, 0.3) is 0 Å². The van der Waals surface area contributed by atoms with E-state index >= 15 is 0 Å². The van der Waals surface area contributed by atoms with Crippen LogP contribution in [-0.4, -0.2) is 58.3 Å². The van der Waals surface area contributed by atoms with Gasteiger partial charge in [-0.2, -0.15) is 0 Å². The summed E-state index contributed by atoms with van der Waals surface area (Å²) in [4.78, 5) is 2.44. The predicted octanol–water partition coefficient (Wildman–Crippen LogP) is 0.497. The van der Waals surface area contributed by atoms with E-state index in [0.717, 1.165) is 45.1 Å². The molecule has 0 amide bonds. The lowest BCUT2D eigenvalue weighted by molar-refractivity contribution is -0.00209. The quantitative estimate of drug-likeness (QED) is 0.813. The van der Waals surface area contributed by atoms with Crippen molar-refractivity contribution in [2.24, 2.45) is 0 Å². The van der Waals surface area contributed by atoms with Crippen molar-refractivity contribution in [3.63, 3.8) is 0 Å². The summed E-state index contributed by atoms with van der Waals surface area (Å²) in [6.07, 6.45) is 2.03. The molecule has 1 aliphatic heterocycles. The number of hydrogen-bond donors (Lipinski definition) is 1. The first-order valence-electron chi connectivity index (χ1n) is 7.09. The Bertz CT molecular complexity index is 379. The molecule has 1 aromatic heterocycles. The van der Waals surface area contributed by atoms with Gasteiger partial charge in [-0.25, -0.2) is 0 Å².